The van der Waals surface area contributed by atoms with Gasteiger partial charge < -0.3 is 9.47 Å². The Morgan fingerprint density at radius 3 is 2.56 bits per heavy atom. The van der Waals surface area contributed by atoms with Crippen LogP contribution in [-0.2, 0) is 16.2 Å². The highest BCUT2D eigenvalue weighted by Crippen LogP contribution is 2.18. The van der Waals surface area contributed by atoms with E-state index >= 15 is 0 Å². The Bertz CT molecular complexity index is 507. The van der Waals surface area contributed by atoms with E-state index in [-0.39, 0.29) is 17.8 Å². The number of aromatic nitrogens is 2. The molecule has 1 aromatic heterocycles. The standard InChI is InChI=1S/C11H17ClN2O4/c1-7(2)8-9(12)14(6-18-5-4-17-3)11(16)13-10(8)15/h7H,4-6H2,1-3H3,(H,13,15,16). The fourth-order valence-corrected chi connectivity index (χ4v) is 1.90. The molecule has 0 radical (unpaired) electrons. The minimum atomic E-state index is -0.577. The second-order valence-corrected chi connectivity index (χ2v) is 4.43. The molecule has 0 aliphatic carbocycles. The topological polar surface area (TPSA) is 73.3 Å². The van der Waals surface area contributed by atoms with Gasteiger partial charge in [-0.2, -0.15) is 0 Å². The van der Waals surface area contributed by atoms with E-state index in [0.717, 1.165) is 0 Å². The third kappa shape index (κ3) is 3.44. The van der Waals surface area contributed by atoms with E-state index in [4.69, 9.17) is 21.1 Å². The average molecular weight is 277 g/mol. The van der Waals surface area contributed by atoms with Gasteiger partial charge in [0.2, 0.25) is 0 Å². The molecule has 0 atom stereocenters. The highest BCUT2D eigenvalue weighted by Gasteiger charge is 2.15. The Kier molecular flexibility index (Phi) is 5.58. The summed E-state index contributed by atoms with van der Waals surface area (Å²) < 4.78 is 11.2. The Balaban J connectivity index is 3.01. The molecule has 0 aliphatic heterocycles. The van der Waals surface area contributed by atoms with Gasteiger partial charge in [0.1, 0.15) is 11.9 Å². The van der Waals surface area contributed by atoms with Crippen LogP contribution in [0.5, 0.6) is 0 Å². The smallest absolute Gasteiger partial charge is 0.331 e. The molecular formula is C11H17ClN2O4. The van der Waals surface area contributed by atoms with Crippen molar-refractivity contribution in [3.63, 3.8) is 0 Å². The Hall–Kier alpha value is -1.11. The molecule has 0 amide bonds. The van der Waals surface area contributed by atoms with Crippen molar-refractivity contribution in [3.8, 4) is 0 Å². The van der Waals surface area contributed by atoms with Crippen LogP contribution < -0.4 is 11.2 Å². The molecule has 0 aromatic carbocycles. The van der Waals surface area contributed by atoms with Crippen LogP contribution in [0.2, 0.25) is 5.15 Å². The number of ether oxygens (including phenoxy) is 2. The number of halogens is 1. The molecule has 1 rings (SSSR count). The maximum Gasteiger partial charge on any atom is 0.331 e. The molecule has 1 aromatic rings. The minimum Gasteiger partial charge on any atom is -0.382 e. The van der Waals surface area contributed by atoms with Gasteiger partial charge >= 0.3 is 5.69 Å². The lowest BCUT2D eigenvalue weighted by atomic mass is 10.1. The van der Waals surface area contributed by atoms with Crippen molar-refractivity contribution in [2.45, 2.75) is 26.5 Å². The highest BCUT2D eigenvalue weighted by molar-refractivity contribution is 6.30. The van der Waals surface area contributed by atoms with Crippen molar-refractivity contribution in [3.05, 3.63) is 31.6 Å². The third-order valence-corrected chi connectivity index (χ3v) is 2.81. The van der Waals surface area contributed by atoms with E-state index in [2.05, 4.69) is 4.98 Å². The first-order chi connectivity index (χ1) is 8.49. The average Bonchev–Trinajstić information content (AvgIpc) is 2.26. The van der Waals surface area contributed by atoms with Crippen LogP contribution in [0.15, 0.2) is 9.59 Å². The molecule has 102 valence electrons. The second-order valence-electron chi connectivity index (χ2n) is 4.08. The Morgan fingerprint density at radius 2 is 2.00 bits per heavy atom. The summed E-state index contributed by atoms with van der Waals surface area (Å²) in [6.45, 7) is 4.41. The van der Waals surface area contributed by atoms with Gasteiger partial charge in [0.15, 0.2) is 0 Å². The minimum absolute atomic E-state index is 0.0163. The van der Waals surface area contributed by atoms with Crippen molar-refractivity contribution in [1.82, 2.24) is 9.55 Å². The highest BCUT2D eigenvalue weighted by atomic mass is 35.5. The first-order valence-corrected chi connectivity index (χ1v) is 5.96. The number of nitrogens with one attached hydrogen (secondary N) is 1. The summed E-state index contributed by atoms with van der Waals surface area (Å²) in [6, 6.07) is 0. The fraction of sp³-hybridized carbons (Fsp3) is 0.636. The number of hydrogen-bond donors (Lipinski definition) is 1. The van der Waals surface area contributed by atoms with Gasteiger partial charge in [-0.15, -0.1) is 0 Å². The molecule has 18 heavy (non-hydrogen) atoms. The van der Waals surface area contributed by atoms with Crippen molar-refractivity contribution in [2.75, 3.05) is 20.3 Å². The zero-order valence-electron chi connectivity index (χ0n) is 10.7. The third-order valence-electron chi connectivity index (χ3n) is 2.40. The summed E-state index contributed by atoms with van der Waals surface area (Å²) in [5.74, 6) is -0.0768. The summed E-state index contributed by atoms with van der Waals surface area (Å²) in [5.41, 5.74) is -0.647. The fourth-order valence-electron chi connectivity index (χ4n) is 1.47. The molecule has 7 heteroatoms. The number of methoxy groups -OCH3 is 1. The quantitative estimate of drug-likeness (QED) is 0.620. The van der Waals surface area contributed by atoms with Crippen LogP contribution in [0.4, 0.5) is 0 Å². The molecule has 0 aliphatic rings. The molecule has 6 nitrogen and oxygen atoms in total. The maximum absolute atomic E-state index is 11.6. The number of H-pyrrole nitrogens is 1. The second kappa shape index (κ2) is 6.72. The van der Waals surface area contributed by atoms with Gasteiger partial charge in [0.25, 0.3) is 5.56 Å². The van der Waals surface area contributed by atoms with E-state index in [9.17, 15) is 9.59 Å². The van der Waals surface area contributed by atoms with Gasteiger partial charge in [-0.05, 0) is 5.92 Å². The SMILES string of the molecule is COCCOCn1c(Cl)c(C(C)C)c(=O)[nH]c1=O. The molecule has 0 bridgehead atoms. The van der Waals surface area contributed by atoms with Crippen LogP contribution in [0.3, 0.4) is 0 Å². The number of nitrogens with zero attached hydrogens (tertiary/aromatic N) is 1. The zero-order valence-corrected chi connectivity index (χ0v) is 11.4. The summed E-state index contributed by atoms with van der Waals surface area (Å²) in [7, 11) is 1.55. The molecule has 0 fully saturated rings. The molecule has 0 saturated heterocycles. The maximum atomic E-state index is 11.6. The monoisotopic (exact) mass is 276 g/mol. The molecule has 1 heterocycles. The van der Waals surface area contributed by atoms with Crippen LogP contribution in [0, 0.1) is 0 Å². The van der Waals surface area contributed by atoms with Crippen molar-refractivity contribution >= 4 is 11.6 Å². The van der Waals surface area contributed by atoms with Gasteiger partial charge in [0.05, 0.1) is 18.8 Å². The van der Waals surface area contributed by atoms with Gasteiger partial charge in [-0.1, -0.05) is 25.4 Å². The number of rotatable bonds is 6. The van der Waals surface area contributed by atoms with Crippen LogP contribution in [-0.4, -0.2) is 29.9 Å². The molecular weight excluding hydrogens is 260 g/mol. The molecule has 0 unspecified atom stereocenters. The normalized spacial score (nSPS) is 11.2. The summed E-state index contributed by atoms with van der Waals surface area (Å²) in [4.78, 5) is 25.5. The lowest BCUT2D eigenvalue weighted by Gasteiger charge is -2.13. The van der Waals surface area contributed by atoms with Gasteiger partial charge in [-0.25, -0.2) is 4.79 Å². The lowest BCUT2D eigenvalue weighted by molar-refractivity contribution is 0.0320. The van der Waals surface area contributed by atoms with E-state index in [0.29, 0.717) is 18.8 Å². The van der Waals surface area contributed by atoms with E-state index in [1.807, 2.05) is 13.8 Å². The number of hydrogen-bond acceptors (Lipinski definition) is 4. The van der Waals surface area contributed by atoms with Gasteiger partial charge in [0, 0.05) is 7.11 Å². The van der Waals surface area contributed by atoms with E-state index < -0.39 is 11.2 Å². The zero-order chi connectivity index (χ0) is 13.7. The Labute approximate surface area is 109 Å². The van der Waals surface area contributed by atoms with Crippen LogP contribution in [0.1, 0.15) is 25.3 Å². The van der Waals surface area contributed by atoms with E-state index in [1.165, 1.54) is 4.57 Å². The molecule has 0 spiro atoms. The number of aromatic amines is 1. The van der Waals surface area contributed by atoms with Crippen molar-refractivity contribution < 1.29 is 9.47 Å². The van der Waals surface area contributed by atoms with E-state index in [1.54, 1.807) is 7.11 Å². The summed E-state index contributed by atoms with van der Waals surface area (Å²) >= 11 is 6.06. The van der Waals surface area contributed by atoms with Crippen molar-refractivity contribution in [1.29, 1.82) is 0 Å². The lowest BCUT2D eigenvalue weighted by Crippen LogP contribution is -2.34. The molecule has 1 N–H and O–H groups in total. The summed E-state index contributed by atoms with van der Waals surface area (Å²) in [5, 5.41) is 0.121. The van der Waals surface area contributed by atoms with Crippen molar-refractivity contribution in [2.24, 2.45) is 0 Å². The molecule has 0 saturated carbocycles. The largest absolute Gasteiger partial charge is 0.382 e. The van der Waals surface area contributed by atoms with Gasteiger partial charge in [-0.3, -0.25) is 14.3 Å². The first kappa shape index (κ1) is 14.9. The predicted molar refractivity (Wildman–Crippen MR) is 68.2 cm³/mol. The Morgan fingerprint density at radius 1 is 1.33 bits per heavy atom. The predicted octanol–water partition coefficient (Wildman–Crippen LogP) is 0.934. The summed E-state index contributed by atoms with van der Waals surface area (Å²) in [6.07, 6.45) is 0. The van der Waals surface area contributed by atoms with Crippen LogP contribution in [0.25, 0.3) is 0 Å². The first-order valence-electron chi connectivity index (χ1n) is 5.58. The van der Waals surface area contributed by atoms with Crippen LogP contribution >= 0.6 is 11.6 Å².